The van der Waals surface area contributed by atoms with Crippen LogP contribution in [-0.2, 0) is 20.9 Å². The van der Waals surface area contributed by atoms with Crippen LogP contribution in [0, 0.1) is 5.92 Å². The minimum Gasteiger partial charge on any atom is -0.478 e. The van der Waals surface area contributed by atoms with Gasteiger partial charge in [0.05, 0.1) is 5.92 Å². The molecule has 1 atom stereocenters. The summed E-state index contributed by atoms with van der Waals surface area (Å²) in [6.07, 6.45) is 1.44. The van der Waals surface area contributed by atoms with Crippen LogP contribution in [0.25, 0.3) is 0 Å². The maximum atomic E-state index is 13.5. The van der Waals surface area contributed by atoms with Gasteiger partial charge < -0.3 is 29.1 Å². The van der Waals surface area contributed by atoms with E-state index in [4.69, 9.17) is 9.47 Å². The topological polar surface area (TPSA) is 82.6 Å². The fourth-order valence-corrected chi connectivity index (χ4v) is 5.97. The smallest absolute Gasteiger partial charge is 0.410 e. The first kappa shape index (κ1) is 34.1. The molecule has 2 fully saturated rings. The molecular formula is C36H52N4O5. The van der Waals surface area contributed by atoms with E-state index in [2.05, 4.69) is 43.0 Å². The summed E-state index contributed by atoms with van der Waals surface area (Å²) in [6.45, 7) is 17.2. The van der Waals surface area contributed by atoms with E-state index in [-0.39, 0.29) is 23.8 Å². The highest BCUT2D eigenvalue weighted by atomic mass is 16.6. The van der Waals surface area contributed by atoms with Gasteiger partial charge in [0.2, 0.25) is 5.91 Å². The average molecular weight is 621 g/mol. The average Bonchev–Trinajstić information content (AvgIpc) is 2.99. The van der Waals surface area contributed by atoms with E-state index in [9.17, 15) is 14.4 Å². The monoisotopic (exact) mass is 620 g/mol. The number of carbonyl (C=O) groups excluding carboxylic acids is 3. The molecule has 0 saturated carbocycles. The summed E-state index contributed by atoms with van der Waals surface area (Å²) in [7, 11) is 1.89. The highest BCUT2D eigenvalue weighted by molar-refractivity contribution is 5.85. The molecule has 2 aliphatic rings. The normalized spacial score (nSPS) is 17.7. The maximum Gasteiger partial charge on any atom is 0.410 e. The van der Waals surface area contributed by atoms with Gasteiger partial charge in [-0.15, -0.1) is 0 Å². The first-order valence-electron chi connectivity index (χ1n) is 16.3. The summed E-state index contributed by atoms with van der Waals surface area (Å²) in [5.41, 5.74) is 1.76. The molecule has 0 radical (unpaired) electrons. The molecule has 4 rings (SSSR count). The van der Waals surface area contributed by atoms with Gasteiger partial charge in [-0.25, -0.2) is 4.79 Å². The molecule has 2 saturated heterocycles. The SMILES string of the molecule is CC(C)c1ccc(CN(C)C(=O)[C@H]2CCCN(c3cccc(OC(C)(C)C(=O)N4CCN(C(=O)OC(C)(C)C)CC4)c3)C2)cc1. The van der Waals surface area contributed by atoms with E-state index in [0.717, 1.165) is 30.6 Å². The number of hydrogen-bond donors (Lipinski definition) is 0. The summed E-state index contributed by atoms with van der Waals surface area (Å²) < 4.78 is 11.8. The Labute approximate surface area is 269 Å². The van der Waals surface area contributed by atoms with Crippen molar-refractivity contribution in [1.82, 2.24) is 14.7 Å². The van der Waals surface area contributed by atoms with Gasteiger partial charge in [0, 0.05) is 64.6 Å². The first-order chi connectivity index (χ1) is 21.1. The van der Waals surface area contributed by atoms with Crippen molar-refractivity contribution >= 4 is 23.6 Å². The predicted molar refractivity (Wildman–Crippen MR) is 177 cm³/mol. The Balaban J connectivity index is 1.33. The van der Waals surface area contributed by atoms with Gasteiger partial charge in [-0.3, -0.25) is 9.59 Å². The highest BCUT2D eigenvalue weighted by Crippen LogP contribution is 2.30. The van der Waals surface area contributed by atoms with Gasteiger partial charge in [-0.2, -0.15) is 0 Å². The van der Waals surface area contributed by atoms with E-state index in [1.165, 1.54) is 5.56 Å². The Morgan fingerprint density at radius 2 is 1.56 bits per heavy atom. The van der Waals surface area contributed by atoms with E-state index in [1.807, 2.05) is 57.0 Å². The number of benzene rings is 2. The second-order valence-electron chi connectivity index (χ2n) is 14.2. The largest absolute Gasteiger partial charge is 0.478 e. The minimum atomic E-state index is -1.09. The van der Waals surface area contributed by atoms with Crippen LogP contribution in [0.1, 0.15) is 78.4 Å². The lowest BCUT2D eigenvalue weighted by atomic mass is 9.95. The fraction of sp³-hybridized carbons (Fsp3) is 0.583. The van der Waals surface area contributed by atoms with E-state index in [0.29, 0.717) is 50.9 Å². The third-order valence-electron chi connectivity index (χ3n) is 8.50. The van der Waals surface area contributed by atoms with Gasteiger partial charge in [0.25, 0.3) is 5.91 Å². The number of ether oxygens (including phenoxy) is 2. The van der Waals surface area contributed by atoms with Crippen LogP contribution in [0.5, 0.6) is 5.75 Å². The van der Waals surface area contributed by atoms with Crippen LogP contribution in [0.15, 0.2) is 48.5 Å². The molecule has 2 heterocycles. The van der Waals surface area contributed by atoms with Crippen LogP contribution in [0.3, 0.4) is 0 Å². The van der Waals surface area contributed by atoms with E-state index < -0.39 is 11.2 Å². The Kier molecular flexibility index (Phi) is 10.7. The lowest BCUT2D eigenvalue weighted by molar-refractivity contribution is -0.147. The minimum absolute atomic E-state index is 0.0828. The molecule has 45 heavy (non-hydrogen) atoms. The third kappa shape index (κ3) is 9.14. The van der Waals surface area contributed by atoms with Gasteiger partial charge in [0.15, 0.2) is 5.60 Å². The van der Waals surface area contributed by atoms with Gasteiger partial charge in [-0.1, -0.05) is 44.2 Å². The molecule has 0 bridgehead atoms. The Morgan fingerprint density at radius 1 is 0.911 bits per heavy atom. The summed E-state index contributed by atoms with van der Waals surface area (Å²) >= 11 is 0. The van der Waals surface area contributed by atoms with Crippen molar-refractivity contribution in [3.8, 4) is 5.75 Å². The van der Waals surface area contributed by atoms with Gasteiger partial charge in [-0.05, 0) is 76.6 Å². The number of piperazine rings is 1. The lowest BCUT2D eigenvalue weighted by Crippen LogP contribution is -2.57. The summed E-state index contributed by atoms with van der Waals surface area (Å²) in [5.74, 6) is 1.05. The molecule has 2 aromatic carbocycles. The van der Waals surface area contributed by atoms with Crippen molar-refractivity contribution in [2.45, 2.75) is 85.0 Å². The molecule has 9 nitrogen and oxygen atoms in total. The summed E-state index contributed by atoms with van der Waals surface area (Å²) in [5, 5.41) is 0. The number of anilines is 1. The second-order valence-corrected chi connectivity index (χ2v) is 14.2. The van der Waals surface area contributed by atoms with Crippen molar-refractivity contribution in [3.05, 3.63) is 59.7 Å². The number of hydrogen-bond acceptors (Lipinski definition) is 6. The molecule has 0 aromatic heterocycles. The molecular weight excluding hydrogens is 568 g/mol. The molecule has 9 heteroatoms. The maximum absolute atomic E-state index is 13.5. The van der Waals surface area contributed by atoms with Crippen LogP contribution in [0.4, 0.5) is 10.5 Å². The number of amides is 3. The quantitative estimate of drug-likeness (QED) is 0.364. The molecule has 2 aliphatic heterocycles. The van der Waals surface area contributed by atoms with Crippen LogP contribution in [-0.4, -0.2) is 90.1 Å². The number of piperidine rings is 1. The zero-order valence-corrected chi connectivity index (χ0v) is 28.5. The Bertz CT molecular complexity index is 1330. The van der Waals surface area contributed by atoms with Crippen molar-refractivity contribution in [2.75, 3.05) is 51.2 Å². The molecule has 246 valence electrons. The molecule has 2 aromatic rings. The summed E-state index contributed by atoms with van der Waals surface area (Å²) in [6, 6.07) is 16.3. The van der Waals surface area contributed by atoms with Gasteiger partial charge >= 0.3 is 6.09 Å². The molecule has 0 unspecified atom stereocenters. The van der Waals surface area contributed by atoms with Crippen LogP contribution < -0.4 is 9.64 Å². The summed E-state index contributed by atoms with van der Waals surface area (Å²) in [4.78, 5) is 46.9. The van der Waals surface area contributed by atoms with E-state index >= 15 is 0 Å². The Morgan fingerprint density at radius 3 is 2.18 bits per heavy atom. The van der Waals surface area contributed by atoms with Gasteiger partial charge in [0.1, 0.15) is 11.4 Å². The van der Waals surface area contributed by atoms with Crippen molar-refractivity contribution < 1.29 is 23.9 Å². The zero-order valence-electron chi connectivity index (χ0n) is 28.5. The van der Waals surface area contributed by atoms with Crippen molar-refractivity contribution in [1.29, 1.82) is 0 Å². The zero-order chi connectivity index (χ0) is 32.9. The Hall–Kier alpha value is -3.75. The number of rotatable bonds is 8. The first-order valence-corrected chi connectivity index (χ1v) is 16.3. The number of nitrogens with zero attached hydrogens (tertiary/aromatic N) is 4. The van der Waals surface area contributed by atoms with Crippen LogP contribution >= 0.6 is 0 Å². The van der Waals surface area contributed by atoms with Crippen molar-refractivity contribution in [3.63, 3.8) is 0 Å². The highest BCUT2D eigenvalue weighted by Gasteiger charge is 2.37. The lowest BCUT2D eigenvalue weighted by Gasteiger charge is -2.39. The number of carbonyl (C=O) groups is 3. The third-order valence-corrected chi connectivity index (χ3v) is 8.50. The second kappa shape index (κ2) is 14.1. The fourth-order valence-electron chi connectivity index (χ4n) is 5.97. The molecule has 0 aliphatic carbocycles. The molecule has 0 N–H and O–H groups in total. The predicted octanol–water partition coefficient (Wildman–Crippen LogP) is 5.92. The van der Waals surface area contributed by atoms with E-state index in [1.54, 1.807) is 23.6 Å². The molecule has 3 amide bonds. The molecule has 0 spiro atoms. The standard InChI is InChI=1S/C36H52N4O5/c1-26(2)28-16-14-27(15-17-28)24-37(8)32(41)29-11-10-18-40(25-29)30-12-9-13-31(23-30)44-36(6,7)33(42)38-19-21-39(22-20-38)34(43)45-35(3,4)5/h9,12-17,23,26,29H,10-11,18-22,24-25H2,1-8H3/t29-/m0/s1. The van der Waals surface area contributed by atoms with Crippen LogP contribution in [0.2, 0.25) is 0 Å². The van der Waals surface area contributed by atoms with Crippen molar-refractivity contribution in [2.24, 2.45) is 5.92 Å².